The summed E-state index contributed by atoms with van der Waals surface area (Å²) >= 11 is 0. The maximum atomic E-state index is 4.42. The van der Waals surface area contributed by atoms with Crippen molar-refractivity contribution >= 4 is 11.4 Å². The molecule has 15 heavy (non-hydrogen) atoms. The first-order chi connectivity index (χ1) is 7.36. The third-order valence-corrected chi connectivity index (χ3v) is 2.34. The summed E-state index contributed by atoms with van der Waals surface area (Å²) in [6, 6.07) is 10.1. The van der Waals surface area contributed by atoms with Crippen LogP contribution in [0.25, 0.3) is 0 Å². The van der Waals surface area contributed by atoms with E-state index in [1.807, 2.05) is 30.3 Å². The van der Waals surface area contributed by atoms with E-state index in [9.17, 15) is 0 Å². The molecule has 0 bridgehead atoms. The molecule has 0 radical (unpaired) electrons. The van der Waals surface area contributed by atoms with Gasteiger partial charge in [0.2, 0.25) is 0 Å². The lowest BCUT2D eigenvalue weighted by atomic mass is 10.1. The van der Waals surface area contributed by atoms with Gasteiger partial charge in [-0.15, -0.1) is 0 Å². The standard InChI is InChI=1S/C13H20N2/c1-3-5-9-12(4-2)14-15-13-10-7-6-8-11-13/h6-8,10-11,15H,3-5,9H2,1-2H3/b14-12-. The summed E-state index contributed by atoms with van der Waals surface area (Å²) in [5, 5.41) is 4.42. The molecule has 0 aliphatic heterocycles. The predicted molar refractivity (Wildman–Crippen MR) is 67.3 cm³/mol. The summed E-state index contributed by atoms with van der Waals surface area (Å²) < 4.78 is 0. The lowest BCUT2D eigenvalue weighted by Gasteiger charge is -2.04. The van der Waals surface area contributed by atoms with E-state index >= 15 is 0 Å². The van der Waals surface area contributed by atoms with Gasteiger partial charge >= 0.3 is 0 Å². The van der Waals surface area contributed by atoms with Crippen LogP contribution in [0.3, 0.4) is 0 Å². The summed E-state index contributed by atoms with van der Waals surface area (Å²) in [6.07, 6.45) is 4.58. The fourth-order valence-corrected chi connectivity index (χ4v) is 1.35. The van der Waals surface area contributed by atoms with Crippen LogP contribution in [0.1, 0.15) is 39.5 Å². The first kappa shape index (κ1) is 11.8. The Bertz CT molecular complexity index is 291. The molecule has 0 spiro atoms. The highest BCUT2D eigenvalue weighted by atomic mass is 15.3. The Morgan fingerprint density at radius 1 is 1.20 bits per heavy atom. The second kappa shape index (κ2) is 7.04. The molecule has 0 unspecified atom stereocenters. The molecular formula is C13H20N2. The van der Waals surface area contributed by atoms with Crippen molar-refractivity contribution in [1.82, 2.24) is 0 Å². The summed E-state index contributed by atoms with van der Waals surface area (Å²) in [6.45, 7) is 4.36. The van der Waals surface area contributed by atoms with Crippen molar-refractivity contribution in [2.45, 2.75) is 39.5 Å². The minimum Gasteiger partial charge on any atom is -0.279 e. The zero-order valence-electron chi connectivity index (χ0n) is 9.66. The molecule has 0 saturated carbocycles. The third kappa shape index (κ3) is 4.63. The SMILES string of the molecule is CCCC/C(CC)=N\Nc1ccccc1. The number of anilines is 1. The van der Waals surface area contributed by atoms with Gasteiger partial charge in [-0.1, -0.05) is 38.5 Å². The van der Waals surface area contributed by atoms with E-state index in [0.717, 1.165) is 18.5 Å². The first-order valence-electron chi connectivity index (χ1n) is 5.73. The minimum atomic E-state index is 1.03. The normalized spacial score (nSPS) is 11.5. The van der Waals surface area contributed by atoms with E-state index in [4.69, 9.17) is 0 Å². The molecule has 0 atom stereocenters. The quantitative estimate of drug-likeness (QED) is 0.548. The molecule has 0 aromatic heterocycles. The van der Waals surface area contributed by atoms with Gasteiger partial charge in [-0.3, -0.25) is 5.43 Å². The van der Waals surface area contributed by atoms with Gasteiger partial charge in [-0.25, -0.2) is 0 Å². The molecule has 1 aromatic carbocycles. The van der Waals surface area contributed by atoms with Gasteiger partial charge in [0.15, 0.2) is 0 Å². The molecule has 2 heteroatoms. The number of hydrogen-bond donors (Lipinski definition) is 1. The van der Waals surface area contributed by atoms with Gasteiger partial charge in [0, 0.05) is 5.71 Å². The second-order valence-electron chi connectivity index (χ2n) is 3.61. The first-order valence-corrected chi connectivity index (χ1v) is 5.73. The van der Waals surface area contributed by atoms with Gasteiger partial charge in [-0.05, 0) is 31.4 Å². The fraction of sp³-hybridized carbons (Fsp3) is 0.462. The smallest absolute Gasteiger partial charge is 0.0561 e. The molecule has 0 aliphatic rings. The molecule has 82 valence electrons. The summed E-state index contributed by atoms with van der Waals surface area (Å²) in [7, 11) is 0. The number of unbranched alkanes of at least 4 members (excludes halogenated alkanes) is 1. The van der Waals surface area contributed by atoms with Crippen LogP contribution in [0.2, 0.25) is 0 Å². The van der Waals surface area contributed by atoms with Gasteiger partial charge < -0.3 is 0 Å². The Morgan fingerprint density at radius 2 is 1.93 bits per heavy atom. The number of nitrogens with one attached hydrogen (secondary N) is 1. The van der Waals surface area contributed by atoms with E-state index in [0.29, 0.717) is 0 Å². The number of benzene rings is 1. The van der Waals surface area contributed by atoms with Crippen molar-refractivity contribution in [2.75, 3.05) is 5.43 Å². The monoisotopic (exact) mass is 204 g/mol. The van der Waals surface area contributed by atoms with Crippen molar-refractivity contribution in [3.05, 3.63) is 30.3 Å². The minimum absolute atomic E-state index is 1.03. The number of hydrogen-bond acceptors (Lipinski definition) is 2. The molecule has 0 fully saturated rings. The summed E-state index contributed by atoms with van der Waals surface area (Å²) in [5.41, 5.74) is 5.40. The zero-order valence-corrected chi connectivity index (χ0v) is 9.66. The molecule has 1 rings (SSSR count). The zero-order chi connectivity index (χ0) is 10.9. The van der Waals surface area contributed by atoms with Crippen LogP contribution < -0.4 is 5.43 Å². The molecule has 1 N–H and O–H groups in total. The van der Waals surface area contributed by atoms with E-state index in [-0.39, 0.29) is 0 Å². The molecule has 2 nitrogen and oxygen atoms in total. The van der Waals surface area contributed by atoms with E-state index < -0.39 is 0 Å². The Labute approximate surface area is 92.4 Å². The second-order valence-corrected chi connectivity index (χ2v) is 3.61. The Balaban J connectivity index is 2.47. The maximum Gasteiger partial charge on any atom is 0.0561 e. The van der Waals surface area contributed by atoms with E-state index in [2.05, 4.69) is 24.4 Å². The van der Waals surface area contributed by atoms with Crippen molar-refractivity contribution in [1.29, 1.82) is 0 Å². The predicted octanol–water partition coefficient (Wildman–Crippen LogP) is 4.05. The van der Waals surface area contributed by atoms with Crippen LogP contribution in [0, 0.1) is 0 Å². The van der Waals surface area contributed by atoms with Crippen LogP contribution in [0.4, 0.5) is 5.69 Å². The molecule has 0 amide bonds. The average molecular weight is 204 g/mol. The Kier molecular flexibility index (Phi) is 5.52. The summed E-state index contributed by atoms with van der Waals surface area (Å²) in [5.74, 6) is 0. The number of rotatable bonds is 6. The summed E-state index contributed by atoms with van der Waals surface area (Å²) in [4.78, 5) is 0. The van der Waals surface area contributed by atoms with Gasteiger partial charge in [0.05, 0.1) is 5.69 Å². The van der Waals surface area contributed by atoms with Crippen LogP contribution in [0.15, 0.2) is 35.4 Å². The number of nitrogens with zero attached hydrogens (tertiary/aromatic N) is 1. The Hall–Kier alpha value is -1.31. The molecular weight excluding hydrogens is 184 g/mol. The Morgan fingerprint density at radius 3 is 2.53 bits per heavy atom. The maximum absolute atomic E-state index is 4.42. The van der Waals surface area contributed by atoms with Crippen LogP contribution in [-0.2, 0) is 0 Å². The highest BCUT2D eigenvalue weighted by Gasteiger charge is 1.95. The molecule has 0 saturated heterocycles. The lowest BCUT2D eigenvalue weighted by Crippen LogP contribution is -2.00. The molecule has 1 aromatic rings. The highest BCUT2D eigenvalue weighted by molar-refractivity contribution is 5.84. The van der Waals surface area contributed by atoms with Gasteiger partial charge in [0.1, 0.15) is 0 Å². The number of hydrazone groups is 1. The number of para-hydroxylation sites is 1. The average Bonchev–Trinajstić information content (AvgIpc) is 2.31. The van der Waals surface area contributed by atoms with Crippen LogP contribution in [0.5, 0.6) is 0 Å². The lowest BCUT2D eigenvalue weighted by molar-refractivity contribution is 0.824. The topological polar surface area (TPSA) is 24.4 Å². The third-order valence-electron chi connectivity index (χ3n) is 2.34. The largest absolute Gasteiger partial charge is 0.279 e. The van der Waals surface area contributed by atoms with Crippen molar-refractivity contribution in [2.24, 2.45) is 5.10 Å². The highest BCUT2D eigenvalue weighted by Crippen LogP contribution is 2.06. The fourth-order valence-electron chi connectivity index (χ4n) is 1.35. The van der Waals surface area contributed by atoms with Crippen LogP contribution >= 0.6 is 0 Å². The van der Waals surface area contributed by atoms with Gasteiger partial charge in [-0.2, -0.15) is 5.10 Å². The van der Waals surface area contributed by atoms with E-state index in [1.54, 1.807) is 0 Å². The van der Waals surface area contributed by atoms with Crippen molar-refractivity contribution < 1.29 is 0 Å². The van der Waals surface area contributed by atoms with E-state index in [1.165, 1.54) is 18.6 Å². The van der Waals surface area contributed by atoms with Crippen LogP contribution in [-0.4, -0.2) is 5.71 Å². The molecule has 0 aliphatic carbocycles. The van der Waals surface area contributed by atoms with Crippen molar-refractivity contribution in [3.63, 3.8) is 0 Å². The van der Waals surface area contributed by atoms with Gasteiger partial charge in [0.25, 0.3) is 0 Å². The molecule has 0 heterocycles. The van der Waals surface area contributed by atoms with Crippen molar-refractivity contribution in [3.8, 4) is 0 Å².